The molecule has 2 aliphatic rings. The fourth-order valence-electron chi connectivity index (χ4n) is 3.59. The number of likely N-dealkylation sites (tertiary alicyclic amines) is 1. The zero-order chi connectivity index (χ0) is 21.7. The van der Waals surface area contributed by atoms with Crippen LogP contribution in [0.2, 0.25) is 0 Å². The number of esters is 1. The highest BCUT2D eigenvalue weighted by atomic mass is 16.5. The normalized spacial score (nSPS) is 20.0. The van der Waals surface area contributed by atoms with Gasteiger partial charge in [-0.1, -0.05) is 18.2 Å². The van der Waals surface area contributed by atoms with E-state index in [2.05, 4.69) is 10.6 Å². The molecule has 2 atom stereocenters. The highest BCUT2D eigenvalue weighted by molar-refractivity contribution is 6.05. The van der Waals surface area contributed by atoms with Crippen LogP contribution in [-0.2, 0) is 23.9 Å². The first kappa shape index (κ1) is 21.2. The first-order valence-electron chi connectivity index (χ1n) is 9.68. The SMILES string of the molecule is CNC(=O)c1cccc(NC(=O)COC(=O)CCN2C(=O)[C@@H]3CC=CC[C@H]3C2=O)c1. The zero-order valence-electron chi connectivity index (χ0n) is 16.6. The number of carbonyl (C=O) groups excluding carboxylic acids is 5. The summed E-state index contributed by atoms with van der Waals surface area (Å²) in [4.78, 5) is 61.4. The number of allylic oxidation sites excluding steroid dienone is 2. The summed E-state index contributed by atoms with van der Waals surface area (Å²) in [7, 11) is 1.50. The molecule has 3 rings (SSSR count). The maximum atomic E-state index is 12.4. The van der Waals surface area contributed by atoms with Crippen LogP contribution in [0.4, 0.5) is 5.69 Å². The standard InChI is InChI=1S/C21H23N3O6/c1-22-19(27)13-5-4-6-14(11-13)23-17(25)12-30-18(26)9-10-24-20(28)15-7-2-3-8-16(15)21(24)29/h2-6,11,15-16H,7-10,12H2,1H3,(H,22,27)(H,23,25)/t15-,16-/m1/s1. The molecule has 158 valence electrons. The van der Waals surface area contributed by atoms with Gasteiger partial charge in [-0.25, -0.2) is 0 Å². The molecule has 0 unspecified atom stereocenters. The Bertz CT molecular complexity index is 884. The number of carbonyl (C=O) groups is 5. The van der Waals surface area contributed by atoms with Crippen LogP contribution in [0.25, 0.3) is 0 Å². The Kier molecular flexibility index (Phi) is 6.61. The molecule has 0 spiro atoms. The van der Waals surface area contributed by atoms with E-state index < -0.39 is 18.5 Å². The molecule has 1 aromatic rings. The largest absolute Gasteiger partial charge is 0.456 e. The Morgan fingerprint density at radius 2 is 1.77 bits per heavy atom. The number of amides is 4. The van der Waals surface area contributed by atoms with Gasteiger partial charge in [0.2, 0.25) is 11.8 Å². The van der Waals surface area contributed by atoms with Crippen molar-refractivity contribution >= 4 is 35.3 Å². The van der Waals surface area contributed by atoms with Gasteiger partial charge in [-0.2, -0.15) is 0 Å². The van der Waals surface area contributed by atoms with Gasteiger partial charge in [0.25, 0.3) is 11.8 Å². The molecule has 4 amide bonds. The van der Waals surface area contributed by atoms with Gasteiger partial charge in [-0.3, -0.25) is 28.9 Å². The number of imide groups is 1. The zero-order valence-corrected chi connectivity index (χ0v) is 16.6. The van der Waals surface area contributed by atoms with E-state index in [4.69, 9.17) is 4.74 Å². The number of hydrogen-bond donors (Lipinski definition) is 2. The van der Waals surface area contributed by atoms with Gasteiger partial charge in [0.1, 0.15) is 0 Å². The number of nitrogens with one attached hydrogen (secondary N) is 2. The lowest BCUT2D eigenvalue weighted by molar-refractivity contribution is -0.148. The van der Waals surface area contributed by atoms with E-state index in [1.807, 2.05) is 12.2 Å². The summed E-state index contributed by atoms with van der Waals surface area (Å²) in [6.07, 6.45) is 4.69. The van der Waals surface area contributed by atoms with Crippen molar-refractivity contribution in [3.63, 3.8) is 0 Å². The van der Waals surface area contributed by atoms with Crippen molar-refractivity contribution in [3.05, 3.63) is 42.0 Å². The van der Waals surface area contributed by atoms with Crippen molar-refractivity contribution in [2.24, 2.45) is 11.8 Å². The molecule has 0 saturated carbocycles. The number of rotatable bonds is 7. The number of nitrogens with zero attached hydrogens (tertiary/aromatic N) is 1. The van der Waals surface area contributed by atoms with E-state index >= 15 is 0 Å². The third-order valence-corrected chi connectivity index (χ3v) is 5.14. The fraction of sp³-hybridized carbons (Fsp3) is 0.381. The van der Waals surface area contributed by atoms with E-state index in [1.54, 1.807) is 18.2 Å². The van der Waals surface area contributed by atoms with E-state index in [0.29, 0.717) is 24.1 Å². The Morgan fingerprint density at radius 3 is 2.40 bits per heavy atom. The molecule has 1 aliphatic carbocycles. The first-order chi connectivity index (χ1) is 14.4. The van der Waals surface area contributed by atoms with E-state index in [-0.39, 0.29) is 42.5 Å². The van der Waals surface area contributed by atoms with Crippen molar-refractivity contribution in [3.8, 4) is 0 Å². The van der Waals surface area contributed by atoms with E-state index in [1.165, 1.54) is 13.1 Å². The van der Waals surface area contributed by atoms with Crippen LogP contribution in [0.5, 0.6) is 0 Å². The van der Waals surface area contributed by atoms with Gasteiger partial charge < -0.3 is 15.4 Å². The second-order valence-electron chi connectivity index (χ2n) is 7.10. The summed E-state index contributed by atoms with van der Waals surface area (Å²) in [6.45, 7) is -0.570. The summed E-state index contributed by atoms with van der Waals surface area (Å²) >= 11 is 0. The Balaban J connectivity index is 1.44. The predicted molar refractivity (Wildman–Crippen MR) is 106 cm³/mol. The summed E-state index contributed by atoms with van der Waals surface area (Å²) in [5, 5.41) is 5.03. The van der Waals surface area contributed by atoms with Gasteiger partial charge >= 0.3 is 5.97 Å². The summed E-state index contributed by atoms with van der Waals surface area (Å²) in [5.41, 5.74) is 0.768. The Morgan fingerprint density at radius 1 is 1.10 bits per heavy atom. The minimum atomic E-state index is -0.683. The second kappa shape index (κ2) is 9.34. The molecule has 9 nitrogen and oxygen atoms in total. The molecule has 9 heteroatoms. The van der Waals surface area contributed by atoms with Gasteiger partial charge in [-0.15, -0.1) is 0 Å². The number of hydrogen-bond acceptors (Lipinski definition) is 6. The monoisotopic (exact) mass is 413 g/mol. The molecule has 1 aliphatic heterocycles. The van der Waals surface area contributed by atoms with Crippen LogP contribution in [0.1, 0.15) is 29.6 Å². The minimum absolute atomic E-state index is 0.0563. The predicted octanol–water partition coefficient (Wildman–Crippen LogP) is 0.869. The topological polar surface area (TPSA) is 122 Å². The molecule has 1 aromatic carbocycles. The van der Waals surface area contributed by atoms with Crippen molar-refractivity contribution in [1.29, 1.82) is 0 Å². The van der Waals surface area contributed by atoms with Crippen LogP contribution in [-0.4, -0.2) is 54.7 Å². The highest BCUT2D eigenvalue weighted by Gasteiger charge is 2.46. The lowest BCUT2D eigenvalue weighted by Crippen LogP contribution is -2.33. The van der Waals surface area contributed by atoms with Crippen molar-refractivity contribution < 1.29 is 28.7 Å². The van der Waals surface area contributed by atoms with E-state index in [0.717, 1.165) is 4.90 Å². The quantitative estimate of drug-likeness (QED) is 0.389. The smallest absolute Gasteiger partial charge is 0.308 e. The molecule has 0 aromatic heterocycles. The second-order valence-corrected chi connectivity index (χ2v) is 7.10. The number of benzene rings is 1. The Labute approximate surface area is 173 Å². The van der Waals surface area contributed by atoms with Gasteiger partial charge in [0, 0.05) is 24.8 Å². The molecule has 1 fully saturated rings. The van der Waals surface area contributed by atoms with Crippen molar-refractivity contribution in [1.82, 2.24) is 10.2 Å². The van der Waals surface area contributed by atoms with Gasteiger partial charge in [0.15, 0.2) is 6.61 Å². The van der Waals surface area contributed by atoms with Gasteiger partial charge in [0.05, 0.1) is 18.3 Å². The highest BCUT2D eigenvalue weighted by Crippen LogP contribution is 2.34. The van der Waals surface area contributed by atoms with Crippen LogP contribution in [0.3, 0.4) is 0 Å². The minimum Gasteiger partial charge on any atom is -0.456 e. The molecule has 30 heavy (non-hydrogen) atoms. The molecular formula is C21H23N3O6. The van der Waals surface area contributed by atoms with Crippen LogP contribution in [0, 0.1) is 11.8 Å². The third kappa shape index (κ3) is 4.73. The maximum Gasteiger partial charge on any atom is 0.308 e. The summed E-state index contributed by atoms with van der Waals surface area (Å²) in [5.74, 6) is -2.73. The van der Waals surface area contributed by atoms with Crippen molar-refractivity contribution in [2.75, 3.05) is 25.5 Å². The van der Waals surface area contributed by atoms with Crippen LogP contribution < -0.4 is 10.6 Å². The molecule has 1 saturated heterocycles. The third-order valence-electron chi connectivity index (χ3n) is 5.14. The number of anilines is 1. The van der Waals surface area contributed by atoms with Crippen LogP contribution >= 0.6 is 0 Å². The first-order valence-corrected chi connectivity index (χ1v) is 9.68. The lowest BCUT2D eigenvalue weighted by Gasteiger charge is -2.14. The van der Waals surface area contributed by atoms with Crippen LogP contribution in [0.15, 0.2) is 36.4 Å². The molecule has 2 N–H and O–H groups in total. The lowest BCUT2D eigenvalue weighted by atomic mass is 9.85. The molecule has 0 radical (unpaired) electrons. The summed E-state index contributed by atoms with van der Waals surface area (Å²) < 4.78 is 4.93. The van der Waals surface area contributed by atoms with Gasteiger partial charge in [-0.05, 0) is 31.0 Å². The fourth-order valence-corrected chi connectivity index (χ4v) is 3.59. The summed E-state index contributed by atoms with van der Waals surface area (Å²) in [6, 6.07) is 6.31. The van der Waals surface area contributed by atoms with E-state index in [9.17, 15) is 24.0 Å². The Hall–Kier alpha value is -3.49. The average Bonchev–Trinajstić information content (AvgIpc) is 3.00. The number of ether oxygens (including phenoxy) is 1. The van der Waals surface area contributed by atoms with Crippen molar-refractivity contribution in [2.45, 2.75) is 19.3 Å². The maximum absolute atomic E-state index is 12.4. The molecular weight excluding hydrogens is 390 g/mol. The number of fused-ring (bicyclic) bond motifs is 1. The molecule has 1 heterocycles. The average molecular weight is 413 g/mol. The molecule has 0 bridgehead atoms.